The van der Waals surface area contributed by atoms with Crippen molar-refractivity contribution in [1.82, 2.24) is 9.55 Å². The molecule has 0 unspecified atom stereocenters. The van der Waals surface area contributed by atoms with Crippen molar-refractivity contribution in [3.63, 3.8) is 0 Å². The number of aromatic nitrogens is 2. The molecule has 0 aliphatic carbocycles. The lowest BCUT2D eigenvalue weighted by atomic mass is 10.1. The quantitative estimate of drug-likeness (QED) is 0.858. The molecule has 1 heterocycles. The van der Waals surface area contributed by atoms with E-state index in [1.165, 1.54) is 0 Å². The Balaban J connectivity index is 2.58. The SMILES string of the molecule is CCOC(=O)c1nc(C)n(-c2ccc(Br)cc2CC)c1N. The molecular weight excluding hydrogens is 334 g/mol. The maximum atomic E-state index is 11.9. The topological polar surface area (TPSA) is 70.1 Å². The molecule has 0 fully saturated rings. The molecule has 21 heavy (non-hydrogen) atoms. The summed E-state index contributed by atoms with van der Waals surface area (Å²) in [4.78, 5) is 16.1. The predicted molar refractivity (Wildman–Crippen MR) is 85.7 cm³/mol. The normalized spacial score (nSPS) is 10.7. The van der Waals surface area contributed by atoms with E-state index < -0.39 is 5.97 Å². The number of benzene rings is 1. The molecule has 0 aliphatic rings. The number of carbonyl (C=O) groups excluding carboxylic acids is 1. The Bertz CT molecular complexity index is 680. The third-order valence-electron chi connectivity index (χ3n) is 3.21. The van der Waals surface area contributed by atoms with Crippen LogP contribution in [0.15, 0.2) is 22.7 Å². The zero-order valence-corrected chi connectivity index (χ0v) is 13.9. The van der Waals surface area contributed by atoms with Crippen LogP contribution in [0, 0.1) is 6.92 Å². The van der Waals surface area contributed by atoms with Gasteiger partial charge in [0.15, 0.2) is 5.69 Å². The second kappa shape index (κ2) is 6.30. The number of aryl methyl sites for hydroxylation is 2. The molecule has 1 aromatic carbocycles. The van der Waals surface area contributed by atoms with E-state index in [0.29, 0.717) is 18.2 Å². The molecule has 112 valence electrons. The molecular formula is C15H18BrN3O2. The molecule has 0 aliphatic heterocycles. The molecule has 5 nitrogen and oxygen atoms in total. The van der Waals surface area contributed by atoms with Crippen LogP contribution in [0.2, 0.25) is 0 Å². The molecule has 0 atom stereocenters. The number of rotatable bonds is 4. The summed E-state index contributed by atoms with van der Waals surface area (Å²) in [6.45, 7) is 5.94. The van der Waals surface area contributed by atoms with Crippen molar-refractivity contribution >= 4 is 27.7 Å². The van der Waals surface area contributed by atoms with E-state index in [-0.39, 0.29) is 5.69 Å². The molecule has 2 aromatic rings. The number of imidazole rings is 1. The van der Waals surface area contributed by atoms with Crippen molar-refractivity contribution in [3.05, 3.63) is 39.8 Å². The maximum absolute atomic E-state index is 11.9. The maximum Gasteiger partial charge on any atom is 0.360 e. The van der Waals surface area contributed by atoms with Gasteiger partial charge in [-0.3, -0.25) is 4.57 Å². The van der Waals surface area contributed by atoms with E-state index in [1.807, 2.05) is 25.1 Å². The van der Waals surface area contributed by atoms with Crippen molar-refractivity contribution in [3.8, 4) is 5.69 Å². The zero-order valence-electron chi connectivity index (χ0n) is 12.3. The van der Waals surface area contributed by atoms with Crippen molar-refractivity contribution in [2.45, 2.75) is 27.2 Å². The molecule has 1 aromatic heterocycles. The van der Waals surface area contributed by atoms with Crippen LogP contribution in [-0.4, -0.2) is 22.1 Å². The fourth-order valence-electron chi connectivity index (χ4n) is 2.26. The van der Waals surface area contributed by atoms with Gasteiger partial charge in [-0.1, -0.05) is 22.9 Å². The summed E-state index contributed by atoms with van der Waals surface area (Å²) in [6.07, 6.45) is 0.848. The summed E-state index contributed by atoms with van der Waals surface area (Å²) in [7, 11) is 0. The third kappa shape index (κ3) is 2.95. The van der Waals surface area contributed by atoms with Crippen LogP contribution in [0.25, 0.3) is 5.69 Å². The number of nitrogen functional groups attached to an aromatic ring is 1. The van der Waals surface area contributed by atoms with E-state index in [9.17, 15) is 4.79 Å². The monoisotopic (exact) mass is 351 g/mol. The van der Waals surface area contributed by atoms with Crippen LogP contribution < -0.4 is 5.73 Å². The Morgan fingerprint density at radius 2 is 2.14 bits per heavy atom. The fraction of sp³-hybridized carbons (Fsp3) is 0.333. The van der Waals surface area contributed by atoms with Gasteiger partial charge in [-0.25, -0.2) is 9.78 Å². The van der Waals surface area contributed by atoms with Crippen molar-refractivity contribution in [2.75, 3.05) is 12.3 Å². The Hall–Kier alpha value is -1.82. The molecule has 0 bridgehead atoms. The summed E-state index contributed by atoms with van der Waals surface area (Å²) in [6, 6.07) is 5.94. The molecule has 0 spiro atoms. The first-order valence-electron chi connectivity index (χ1n) is 6.80. The van der Waals surface area contributed by atoms with Crippen LogP contribution in [0.3, 0.4) is 0 Å². The molecule has 0 amide bonds. The fourth-order valence-corrected chi connectivity index (χ4v) is 2.67. The van der Waals surface area contributed by atoms with Gasteiger partial charge in [-0.15, -0.1) is 0 Å². The minimum Gasteiger partial charge on any atom is -0.461 e. The lowest BCUT2D eigenvalue weighted by molar-refractivity contribution is 0.0521. The average molecular weight is 352 g/mol. The van der Waals surface area contributed by atoms with E-state index in [1.54, 1.807) is 11.5 Å². The van der Waals surface area contributed by atoms with Crippen LogP contribution in [0.5, 0.6) is 0 Å². The highest BCUT2D eigenvalue weighted by Gasteiger charge is 2.21. The van der Waals surface area contributed by atoms with Crippen LogP contribution in [0.4, 0.5) is 5.82 Å². The number of hydrogen-bond donors (Lipinski definition) is 1. The number of anilines is 1. The number of hydrogen-bond acceptors (Lipinski definition) is 4. The lowest BCUT2D eigenvalue weighted by Gasteiger charge is -2.13. The van der Waals surface area contributed by atoms with E-state index in [2.05, 4.69) is 27.8 Å². The Kier molecular flexibility index (Phi) is 4.67. The second-order valence-electron chi connectivity index (χ2n) is 4.58. The van der Waals surface area contributed by atoms with Gasteiger partial charge in [0.1, 0.15) is 11.6 Å². The van der Waals surface area contributed by atoms with Gasteiger partial charge in [0.25, 0.3) is 0 Å². The molecule has 6 heteroatoms. The van der Waals surface area contributed by atoms with Crippen molar-refractivity contribution in [2.24, 2.45) is 0 Å². The highest BCUT2D eigenvalue weighted by molar-refractivity contribution is 9.10. The van der Waals surface area contributed by atoms with Crippen LogP contribution >= 0.6 is 15.9 Å². The van der Waals surface area contributed by atoms with Gasteiger partial charge in [-0.05, 0) is 44.0 Å². The van der Waals surface area contributed by atoms with E-state index >= 15 is 0 Å². The van der Waals surface area contributed by atoms with Crippen molar-refractivity contribution in [1.29, 1.82) is 0 Å². The predicted octanol–water partition coefficient (Wildman–Crippen LogP) is 3.26. The summed E-state index contributed by atoms with van der Waals surface area (Å²) < 4.78 is 7.78. The Labute approximate surface area is 132 Å². The summed E-state index contributed by atoms with van der Waals surface area (Å²) in [5.41, 5.74) is 8.33. The van der Waals surface area contributed by atoms with E-state index in [4.69, 9.17) is 10.5 Å². The highest BCUT2D eigenvalue weighted by Crippen LogP contribution is 2.26. The summed E-state index contributed by atoms with van der Waals surface area (Å²) >= 11 is 3.47. The van der Waals surface area contributed by atoms with Gasteiger partial charge in [-0.2, -0.15) is 0 Å². The number of carbonyl (C=O) groups is 1. The van der Waals surface area contributed by atoms with E-state index in [0.717, 1.165) is 22.1 Å². The number of nitrogens with two attached hydrogens (primary N) is 1. The summed E-state index contributed by atoms with van der Waals surface area (Å²) in [5, 5.41) is 0. The minimum absolute atomic E-state index is 0.166. The van der Waals surface area contributed by atoms with Crippen LogP contribution in [0.1, 0.15) is 35.7 Å². The Morgan fingerprint density at radius 3 is 2.76 bits per heavy atom. The Morgan fingerprint density at radius 1 is 1.43 bits per heavy atom. The molecule has 0 saturated carbocycles. The van der Waals surface area contributed by atoms with Crippen molar-refractivity contribution < 1.29 is 9.53 Å². The van der Waals surface area contributed by atoms with Gasteiger partial charge < -0.3 is 10.5 Å². The zero-order chi connectivity index (χ0) is 15.6. The van der Waals surface area contributed by atoms with Gasteiger partial charge in [0.05, 0.1) is 12.3 Å². The first-order chi connectivity index (χ1) is 9.99. The van der Waals surface area contributed by atoms with Gasteiger partial charge in [0.2, 0.25) is 0 Å². The lowest BCUT2D eigenvalue weighted by Crippen LogP contribution is -2.10. The molecule has 0 saturated heterocycles. The second-order valence-corrected chi connectivity index (χ2v) is 5.49. The third-order valence-corrected chi connectivity index (χ3v) is 3.71. The first kappa shape index (κ1) is 15.6. The molecule has 0 radical (unpaired) electrons. The number of ether oxygens (including phenoxy) is 1. The number of esters is 1. The summed E-state index contributed by atoms with van der Waals surface area (Å²) in [5.74, 6) is 0.475. The number of halogens is 1. The number of nitrogens with zero attached hydrogens (tertiary/aromatic N) is 2. The average Bonchev–Trinajstić information content (AvgIpc) is 2.74. The minimum atomic E-state index is -0.494. The first-order valence-corrected chi connectivity index (χ1v) is 7.59. The molecule has 2 N–H and O–H groups in total. The van der Waals surface area contributed by atoms with Crippen LogP contribution in [-0.2, 0) is 11.2 Å². The van der Waals surface area contributed by atoms with Gasteiger partial charge >= 0.3 is 5.97 Å². The molecule has 2 rings (SSSR count). The van der Waals surface area contributed by atoms with Gasteiger partial charge in [0, 0.05) is 4.47 Å². The largest absolute Gasteiger partial charge is 0.461 e. The standard InChI is InChI=1S/C15H18BrN3O2/c1-4-10-8-11(16)6-7-12(10)19-9(3)18-13(14(19)17)15(20)21-5-2/h6-8H,4-5,17H2,1-3H3. The smallest absolute Gasteiger partial charge is 0.360 e. The highest BCUT2D eigenvalue weighted by atomic mass is 79.9.